The van der Waals surface area contributed by atoms with Gasteiger partial charge in [-0.05, 0) is 13.3 Å². The van der Waals surface area contributed by atoms with E-state index in [1.165, 1.54) is 0 Å². The second-order valence-corrected chi connectivity index (χ2v) is 2.65. The standard InChI is InChI=1S/C10H16O3/c1-3-5-6-9(11)7-8-10(12)13-4-2/h9,11H,3-6H2,1-2H3. The van der Waals surface area contributed by atoms with Crippen molar-refractivity contribution in [2.24, 2.45) is 0 Å². The molecule has 0 heterocycles. The Kier molecular flexibility index (Phi) is 7.04. The van der Waals surface area contributed by atoms with Crippen LogP contribution in [-0.2, 0) is 9.53 Å². The molecule has 0 aliphatic carbocycles. The minimum absolute atomic E-state index is 0.318. The topological polar surface area (TPSA) is 46.5 Å². The van der Waals surface area contributed by atoms with E-state index < -0.39 is 12.1 Å². The maximum Gasteiger partial charge on any atom is 0.384 e. The van der Waals surface area contributed by atoms with Gasteiger partial charge in [-0.3, -0.25) is 0 Å². The SMILES string of the molecule is CCCCC(O)C#CC(=O)OCC. The van der Waals surface area contributed by atoms with E-state index in [1.54, 1.807) is 6.92 Å². The summed E-state index contributed by atoms with van der Waals surface area (Å²) < 4.78 is 4.57. The molecule has 0 amide bonds. The molecule has 0 saturated carbocycles. The van der Waals surface area contributed by atoms with Crippen LogP contribution in [0.2, 0.25) is 0 Å². The van der Waals surface area contributed by atoms with Crippen molar-refractivity contribution < 1.29 is 14.6 Å². The molecule has 0 aromatic heterocycles. The van der Waals surface area contributed by atoms with E-state index in [0.717, 1.165) is 12.8 Å². The molecule has 0 bridgehead atoms. The van der Waals surface area contributed by atoms with Crippen molar-refractivity contribution in [3.63, 3.8) is 0 Å². The highest BCUT2D eigenvalue weighted by Gasteiger charge is 1.98. The van der Waals surface area contributed by atoms with Crippen LogP contribution in [0.25, 0.3) is 0 Å². The number of rotatable bonds is 4. The summed E-state index contributed by atoms with van der Waals surface area (Å²) in [7, 11) is 0. The van der Waals surface area contributed by atoms with Gasteiger partial charge in [-0.15, -0.1) is 0 Å². The number of esters is 1. The number of aliphatic hydroxyl groups is 1. The maximum absolute atomic E-state index is 10.7. The quantitative estimate of drug-likeness (QED) is 0.404. The lowest BCUT2D eigenvalue weighted by Gasteiger charge is -1.99. The molecule has 0 fully saturated rings. The monoisotopic (exact) mass is 184 g/mol. The summed E-state index contributed by atoms with van der Waals surface area (Å²) in [6.45, 7) is 4.07. The molecule has 74 valence electrons. The van der Waals surface area contributed by atoms with Gasteiger partial charge in [-0.25, -0.2) is 4.79 Å². The molecule has 3 heteroatoms. The minimum Gasteiger partial charge on any atom is -0.456 e. The summed E-state index contributed by atoms with van der Waals surface area (Å²) in [6, 6.07) is 0. The second kappa shape index (κ2) is 7.63. The van der Waals surface area contributed by atoms with Crippen molar-refractivity contribution in [1.82, 2.24) is 0 Å². The molecule has 0 aromatic rings. The van der Waals surface area contributed by atoms with E-state index in [4.69, 9.17) is 0 Å². The van der Waals surface area contributed by atoms with Crippen LogP contribution in [0.1, 0.15) is 33.1 Å². The molecule has 1 unspecified atom stereocenters. The third-order valence-electron chi connectivity index (χ3n) is 1.45. The van der Waals surface area contributed by atoms with Crippen LogP contribution in [0.4, 0.5) is 0 Å². The van der Waals surface area contributed by atoms with Gasteiger partial charge < -0.3 is 9.84 Å². The summed E-state index contributed by atoms with van der Waals surface area (Å²) in [6.07, 6.45) is 1.84. The highest BCUT2D eigenvalue weighted by molar-refractivity contribution is 5.88. The van der Waals surface area contributed by atoms with Crippen LogP contribution in [0.15, 0.2) is 0 Å². The van der Waals surface area contributed by atoms with Crippen LogP contribution >= 0.6 is 0 Å². The van der Waals surface area contributed by atoms with Crippen LogP contribution < -0.4 is 0 Å². The first-order valence-corrected chi connectivity index (χ1v) is 4.57. The van der Waals surface area contributed by atoms with Gasteiger partial charge in [-0.2, -0.15) is 0 Å². The summed E-state index contributed by atoms with van der Waals surface area (Å²) >= 11 is 0. The van der Waals surface area contributed by atoms with Gasteiger partial charge in [0.15, 0.2) is 0 Å². The first-order valence-electron chi connectivity index (χ1n) is 4.57. The number of unbranched alkanes of at least 4 members (excludes halogenated alkanes) is 1. The van der Waals surface area contributed by atoms with E-state index in [0.29, 0.717) is 13.0 Å². The first kappa shape index (κ1) is 12.0. The number of ether oxygens (including phenoxy) is 1. The van der Waals surface area contributed by atoms with Crippen LogP contribution in [0.3, 0.4) is 0 Å². The van der Waals surface area contributed by atoms with Crippen molar-refractivity contribution in [1.29, 1.82) is 0 Å². The first-order chi connectivity index (χ1) is 6.20. The highest BCUT2D eigenvalue weighted by atomic mass is 16.5. The molecule has 3 nitrogen and oxygen atoms in total. The zero-order valence-electron chi connectivity index (χ0n) is 8.17. The van der Waals surface area contributed by atoms with E-state index in [2.05, 4.69) is 16.6 Å². The summed E-state index contributed by atoms with van der Waals surface area (Å²) in [4.78, 5) is 10.7. The van der Waals surface area contributed by atoms with E-state index in [9.17, 15) is 9.90 Å². The molecule has 1 atom stereocenters. The Morgan fingerprint density at radius 3 is 2.77 bits per heavy atom. The lowest BCUT2D eigenvalue weighted by molar-refractivity contribution is -0.136. The predicted molar refractivity (Wildman–Crippen MR) is 49.9 cm³/mol. The Morgan fingerprint density at radius 2 is 2.23 bits per heavy atom. The Balaban J connectivity index is 3.73. The van der Waals surface area contributed by atoms with Gasteiger partial charge in [0.1, 0.15) is 6.10 Å². The lowest BCUT2D eigenvalue weighted by atomic mass is 10.2. The van der Waals surface area contributed by atoms with E-state index in [1.807, 2.05) is 6.92 Å². The number of carbonyl (C=O) groups excluding carboxylic acids is 1. The molecule has 0 aliphatic rings. The van der Waals surface area contributed by atoms with Crippen LogP contribution in [-0.4, -0.2) is 23.8 Å². The summed E-state index contributed by atoms with van der Waals surface area (Å²) in [5.74, 6) is 4.09. The highest BCUT2D eigenvalue weighted by Crippen LogP contribution is 1.98. The van der Waals surface area contributed by atoms with Gasteiger partial charge >= 0.3 is 5.97 Å². The normalized spacial score (nSPS) is 11.3. The largest absolute Gasteiger partial charge is 0.456 e. The molecule has 13 heavy (non-hydrogen) atoms. The average Bonchev–Trinajstić information content (AvgIpc) is 2.12. The fourth-order valence-electron chi connectivity index (χ4n) is 0.779. The van der Waals surface area contributed by atoms with Gasteiger partial charge in [0, 0.05) is 5.92 Å². The van der Waals surface area contributed by atoms with Crippen molar-refractivity contribution in [3.05, 3.63) is 0 Å². The predicted octanol–water partition coefficient (Wildman–Crippen LogP) is 1.10. The Bertz CT molecular complexity index is 200. The van der Waals surface area contributed by atoms with E-state index in [-0.39, 0.29) is 0 Å². The van der Waals surface area contributed by atoms with E-state index >= 15 is 0 Å². The zero-order chi connectivity index (χ0) is 10.1. The average molecular weight is 184 g/mol. The van der Waals surface area contributed by atoms with Gasteiger partial charge in [0.05, 0.1) is 6.61 Å². The number of hydrogen-bond donors (Lipinski definition) is 1. The molecule has 0 aromatic carbocycles. The molecule has 1 N–H and O–H groups in total. The van der Waals surface area contributed by atoms with Gasteiger partial charge in [0.2, 0.25) is 0 Å². The van der Waals surface area contributed by atoms with Crippen molar-refractivity contribution in [3.8, 4) is 11.8 Å². The zero-order valence-corrected chi connectivity index (χ0v) is 8.17. The molecular formula is C10H16O3. The maximum atomic E-state index is 10.7. The molecular weight excluding hydrogens is 168 g/mol. The second-order valence-electron chi connectivity index (χ2n) is 2.65. The van der Waals surface area contributed by atoms with Crippen LogP contribution in [0, 0.1) is 11.8 Å². The van der Waals surface area contributed by atoms with Crippen molar-refractivity contribution >= 4 is 5.97 Å². The van der Waals surface area contributed by atoms with Crippen LogP contribution in [0.5, 0.6) is 0 Å². The van der Waals surface area contributed by atoms with Gasteiger partial charge in [-0.1, -0.05) is 25.7 Å². The lowest BCUT2D eigenvalue weighted by Crippen LogP contribution is -2.05. The van der Waals surface area contributed by atoms with Crippen molar-refractivity contribution in [2.45, 2.75) is 39.2 Å². The van der Waals surface area contributed by atoms with Crippen molar-refractivity contribution in [2.75, 3.05) is 6.61 Å². The summed E-state index contributed by atoms with van der Waals surface area (Å²) in [5, 5.41) is 9.22. The Morgan fingerprint density at radius 1 is 1.54 bits per heavy atom. The number of aliphatic hydroxyl groups excluding tert-OH is 1. The fraction of sp³-hybridized carbons (Fsp3) is 0.700. The Labute approximate surface area is 79.1 Å². The number of hydrogen-bond acceptors (Lipinski definition) is 3. The number of carbonyl (C=O) groups is 1. The van der Waals surface area contributed by atoms with Gasteiger partial charge in [0.25, 0.3) is 0 Å². The molecule has 0 spiro atoms. The summed E-state index contributed by atoms with van der Waals surface area (Å²) in [5.41, 5.74) is 0. The molecule has 0 aliphatic heterocycles. The third kappa shape index (κ3) is 7.35. The molecule has 0 radical (unpaired) electrons. The fourth-order valence-corrected chi connectivity index (χ4v) is 0.779. The Hall–Kier alpha value is -1.01. The minimum atomic E-state index is -0.704. The smallest absolute Gasteiger partial charge is 0.384 e. The molecule has 0 saturated heterocycles. The molecule has 0 rings (SSSR count). The third-order valence-corrected chi connectivity index (χ3v) is 1.45.